The SMILES string of the molecule is CCCCCCCCCCCCCC(=O)N[N+](C)(C)CCO. The zero-order valence-corrected chi connectivity index (χ0v) is 15.2. The van der Waals surface area contributed by atoms with Crippen molar-refractivity contribution in [1.82, 2.24) is 5.43 Å². The molecular weight excluding hydrogens is 276 g/mol. The van der Waals surface area contributed by atoms with Crippen molar-refractivity contribution in [2.45, 2.75) is 84.0 Å². The Balaban J connectivity index is 3.34. The summed E-state index contributed by atoms with van der Waals surface area (Å²) in [6.45, 7) is 2.89. The number of carbonyl (C=O) groups is 1. The van der Waals surface area contributed by atoms with Crippen LogP contribution in [0.15, 0.2) is 0 Å². The van der Waals surface area contributed by atoms with Gasteiger partial charge >= 0.3 is 0 Å². The first-order valence-corrected chi connectivity index (χ1v) is 9.27. The summed E-state index contributed by atoms with van der Waals surface area (Å²) in [6, 6.07) is 0. The molecule has 4 nitrogen and oxygen atoms in total. The number of likely N-dealkylation sites (N-methyl/N-ethyl adjacent to an activating group) is 1. The molecule has 0 unspecified atom stereocenters. The van der Waals surface area contributed by atoms with Crippen LogP contribution < -0.4 is 5.43 Å². The lowest BCUT2D eigenvalue weighted by Crippen LogP contribution is -2.55. The van der Waals surface area contributed by atoms with E-state index >= 15 is 0 Å². The molecule has 0 heterocycles. The van der Waals surface area contributed by atoms with Crippen LogP contribution in [-0.2, 0) is 4.79 Å². The molecule has 0 aliphatic heterocycles. The summed E-state index contributed by atoms with van der Waals surface area (Å²) < 4.78 is 0.355. The second-order valence-electron chi connectivity index (χ2n) is 6.95. The second-order valence-corrected chi connectivity index (χ2v) is 6.95. The molecule has 22 heavy (non-hydrogen) atoms. The van der Waals surface area contributed by atoms with E-state index in [2.05, 4.69) is 12.3 Å². The number of carbonyl (C=O) groups excluding carboxylic acids is 1. The minimum Gasteiger partial charge on any atom is -0.390 e. The predicted molar refractivity (Wildman–Crippen MR) is 93.3 cm³/mol. The number of hydrogen-bond donors (Lipinski definition) is 2. The van der Waals surface area contributed by atoms with Gasteiger partial charge in [0.1, 0.15) is 6.54 Å². The topological polar surface area (TPSA) is 49.3 Å². The molecule has 0 radical (unpaired) electrons. The van der Waals surface area contributed by atoms with Crippen molar-refractivity contribution >= 4 is 5.91 Å². The van der Waals surface area contributed by atoms with Crippen LogP contribution in [0.4, 0.5) is 0 Å². The molecule has 4 heteroatoms. The highest BCUT2D eigenvalue weighted by atomic mass is 16.3. The molecular formula is C18H39N2O2+. The summed E-state index contributed by atoms with van der Waals surface area (Å²) in [5, 5.41) is 8.93. The van der Waals surface area contributed by atoms with E-state index in [4.69, 9.17) is 5.11 Å². The molecule has 0 fully saturated rings. The molecule has 0 aromatic heterocycles. The Morgan fingerprint density at radius 2 is 1.32 bits per heavy atom. The van der Waals surface area contributed by atoms with E-state index in [1.807, 2.05) is 14.1 Å². The fourth-order valence-corrected chi connectivity index (χ4v) is 2.65. The van der Waals surface area contributed by atoms with Gasteiger partial charge in [-0.3, -0.25) is 4.79 Å². The van der Waals surface area contributed by atoms with Crippen LogP contribution in [0, 0.1) is 0 Å². The molecule has 0 saturated carbocycles. The molecule has 2 N–H and O–H groups in total. The molecule has 132 valence electrons. The quantitative estimate of drug-likeness (QED) is 0.274. The fourth-order valence-electron chi connectivity index (χ4n) is 2.65. The maximum absolute atomic E-state index is 11.8. The van der Waals surface area contributed by atoms with Gasteiger partial charge in [-0.2, -0.15) is 0 Å². The van der Waals surface area contributed by atoms with Crippen molar-refractivity contribution in [2.75, 3.05) is 27.2 Å². The average Bonchev–Trinajstić information content (AvgIpc) is 2.44. The first-order valence-electron chi connectivity index (χ1n) is 9.27. The number of hydrogen-bond acceptors (Lipinski definition) is 2. The Kier molecular flexibility index (Phi) is 13.6. The Morgan fingerprint density at radius 1 is 0.864 bits per heavy atom. The van der Waals surface area contributed by atoms with E-state index in [9.17, 15) is 4.79 Å². The third-order valence-corrected chi connectivity index (χ3v) is 4.09. The smallest absolute Gasteiger partial charge is 0.264 e. The van der Waals surface area contributed by atoms with Crippen molar-refractivity contribution < 1.29 is 14.5 Å². The number of unbranched alkanes of at least 4 members (excludes halogenated alkanes) is 10. The largest absolute Gasteiger partial charge is 0.390 e. The van der Waals surface area contributed by atoms with E-state index in [1.54, 1.807) is 0 Å². The lowest BCUT2D eigenvalue weighted by molar-refractivity contribution is -0.925. The minimum absolute atomic E-state index is 0.0890. The number of quaternary nitrogens is 1. The van der Waals surface area contributed by atoms with Crippen LogP contribution in [0.1, 0.15) is 84.0 Å². The molecule has 0 aliphatic carbocycles. The molecule has 0 atom stereocenters. The molecule has 0 saturated heterocycles. The number of nitrogens with one attached hydrogen (secondary N) is 1. The van der Waals surface area contributed by atoms with Crippen LogP contribution in [0.25, 0.3) is 0 Å². The van der Waals surface area contributed by atoms with Gasteiger partial charge < -0.3 is 5.11 Å². The number of amides is 1. The van der Waals surface area contributed by atoms with Gasteiger partial charge in [0.05, 0.1) is 20.7 Å². The molecule has 0 aliphatic rings. The Morgan fingerprint density at radius 3 is 1.77 bits per heavy atom. The average molecular weight is 316 g/mol. The summed E-state index contributed by atoms with van der Waals surface area (Å²) in [7, 11) is 3.79. The third kappa shape index (κ3) is 14.3. The standard InChI is InChI=1S/C18H38N2O2/c1-4-5-6-7-8-9-10-11-12-13-14-15-18(22)19-20(2,3)16-17-21/h21H,4-17H2,1-3H3/p+1. The van der Waals surface area contributed by atoms with Crippen molar-refractivity contribution in [2.24, 2.45) is 0 Å². The van der Waals surface area contributed by atoms with Crippen LogP contribution in [-0.4, -0.2) is 42.9 Å². The summed E-state index contributed by atoms with van der Waals surface area (Å²) in [4.78, 5) is 11.8. The summed E-state index contributed by atoms with van der Waals surface area (Å²) in [5.41, 5.74) is 2.93. The van der Waals surface area contributed by atoms with Crippen molar-refractivity contribution in [1.29, 1.82) is 0 Å². The predicted octanol–water partition coefficient (Wildman–Crippen LogP) is 3.79. The molecule has 0 rings (SSSR count). The highest BCUT2D eigenvalue weighted by Gasteiger charge is 2.17. The van der Waals surface area contributed by atoms with Gasteiger partial charge in [-0.1, -0.05) is 71.1 Å². The number of rotatable bonds is 15. The number of aliphatic hydroxyl groups excluding tert-OH is 1. The summed E-state index contributed by atoms with van der Waals surface area (Å²) in [6.07, 6.45) is 14.9. The highest BCUT2D eigenvalue weighted by Crippen LogP contribution is 2.11. The van der Waals surface area contributed by atoms with Gasteiger partial charge in [0.25, 0.3) is 5.91 Å². The molecule has 0 spiro atoms. The third-order valence-electron chi connectivity index (χ3n) is 4.09. The van der Waals surface area contributed by atoms with Gasteiger partial charge in [0.2, 0.25) is 0 Å². The van der Waals surface area contributed by atoms with Gasteiger partial charge in [-0.05, 0) is 6.42 Å². The Labute approximate surface area is 137 Å². The maximum Gasteiger partial charge on any atom is 0.264 e. The van der Waals surface area contributed by atoms with Crippen LogP contribution in [0.5, 0.6) is 0 Å². The summed E-state index contributed by atoms with van der Waals surface area (Å²) in [5.74, 6) is 0.0920. The molecule has 1 amide bonds. The van der Waals surface area contributed by atoms with E-state index in [0.29, 0.717) is 17.6 Å². The first kappa shape index (κ1) is 21.4. The zero-order valence-electron chi connectivity index (χ0n) is 15.2. The van der Waals surface area contributed by atoms with Crippen LogP contribution in [0.2, 0.25) is 0 Å². The number of nitrogens with zero attached hydrogens (tertiary/aromatic N) is 1. The Hall–Kier alpha value is -0.610. The second kappa shape index (κ2) is 14.0. The van der Waals surface area contributed by atoms with E-state index < -0.39 is 0 Å². The van der Waals surface area contributed by atoms with Crippen molar-refractivity contribution in [3.8, 4) is 0 Å². The van der Waals surface area contributed by atoms with E-state index in [-0.39, 0.29) is 12.5 Å². The molecule has 0 aromatic carbocycles. The number of aliphatic hydroxyl groups is 1. The highest BCUT2D eigenvalue weighted by molar-refractivity contribution is 5.74. The van der Waals surface area contributed by atoms with Gasteiger partial charge in [0.15, 0.2) is 0 Å². The van der Waals surface area contributed by atoms with Gasteiger partial charge in [-0.15, -0.1) is 0 Å². The van der Waals surface area contributed by atoms with E-state index in [0.717, 1.165) is 12.8 Å². The minimum atomic E-state index is 0.0890. The van der Waals surface area contributed by atoms with Crippen LogP contribution >= 0.6 is 0 Å². The zero-order chi connectivity index (χ0) is 16.7. The molecule has 0 aromatic rings. The summed E-state index contributed by atoms with van der Waals surface area (Å²) >= 11 is 0. The lowest BCUT2D eigenvalue weighted by Gasteiger charge is -2.28. The van der Waals surface area contributed by atoms with Crippen LogP contribution in [0.3, 0.4) is 0 Å². The fraction of sp³-hybridized carbons (Fsp3) is 0.944. The van der Waals surface area contributed by atoms with E-state index in [1.165, 1.54) is 57.8 Å². The normalized spacial score (nSPS) is 11.6. The van der Waals surface area contributed by atoms with Gasteiger partial charge in [0, 0.05) is 6.42 Å². The first-order chi connectivity index (χ1) is 10.5. The van der Waals surface area contributed by atoms with Crippen molar-refractivity contribution in [3.63, 3.8) is 0 Å². The molecule has 0 bridgehead atoms. The van der Waals surface area contributed by atoms with Gasteiger partial charge in [-0.25, -0.2) is 10.0 Å². The lowest BCUT2D eigenvalue weighted by atomic mass is 10.1. The maximum atomic E-state index is 11.8. The van der Waals surface area contributed by atoms with Crippen molar-refractivity contribution in [3.05, 3.63) is 0 Å². The Bertz CT molecular complexity index is 268. The monoisotopic (exact) mass is 315 g/mol.